The average Bonchev–Trinajstić information content (AvgIpc) is 3.07. The van der Waals surface area contributed by atoms with Crippen molar-refractivity contribution in [1.29, 1.82) is 0 Å². The molecule has 0 atom stereocenters. The summed E-state index contributed by atoms with van der Waals surface area (Å²) in [4.78, 5) is 31.6. The zero-order valence-corrected chi connectivity index (χ0v) is 16.3. The van der Waals surface area contributed by atoms with Crippen molar-refractivity contribution in [2.45, 2.75) is 32.4 Å². The number of aromatic nitrogens is 2. The smallest absolute Gasteiger partial charge is 0.287 e. The van der Waals surface area contributed by atoms with Gasteiger partial charge in [0.05, 0.1) is 5.69 Å². The highest BCUT2D eigenvalue weighted by atomic mass is 19.1. The molecule has 1 aliphatic rings. The van der Waals surface area contributed by atoms with Gasteiger partial charge >= 0.3 is 0 Å². The van der Waals surface area contributed by atoms with Gasteiger partial charge in [-0.3, -0.25) is 9.59 Å². The van der Waals surface area contributed by atoms with Crippen molar-refractivity contribution >= 4 is 11.8 Å². The van der Waals surface area contributed by atoms with E-state index in [9.17, 15) is 14.0 Å². The molecule has 0 spiro atoms. The maximum atomic E-state index is 13.0. The Kier molecular flexibility index (Phi) is 6.41. The minimum Gasteiger partial charge on any atom is -0.349 e. The largest absolute Gasteiger partial charge is 0.349 e. The first-order valence-electron chi connectivity index (χ1n) is 9.50. The number of halogens is 1. The van der Waals surface area contributed by atoms with Gasteiger partial charge in [0.15, 0.2) is 5.82 Å². The Balaban J connectivity index is 1.73. The molecule has 0 unspecified atom stereocenters. The molecule has 1 aliphatic heterocycles. The number of carbonyl (C=O) groups is 2. The lowest BCUT2D eigenvalue weighted by atomic mass is 10.1. The second-order valence-corrected chi connectivity index (χ2v) is 7.21. The van der Waals surface area contributed by atoms with Gasteiger partial charge in [-0.25, -0.2) is 9.37 Å². The van der Waals surface area contributed by atoms with Gasteiger partial charge in [-0.15, -0.1) is 0 Å². The van der Waals surface area contributed by atoms with Crippen molar-refractivity contribution in [3.63, 3.8) is 0 Å². The van der Waals surface area contributed by atoms with Crippen molar-refractivity contribution in [2.75, 3.05) is 27.2 Å². The first-order chi connectivity index (χ1) is 13.5. The molecule has 2 N–H and O–H groups in total. The second-order valence-electron chi connectivity index (χ2n) is 7.21. The number of nitrogens with one attached hydrogen (secondary N) is 2. The summed E-state index contributed by atoms with van der Waals surface area (Å²) in [5.41, 5.74) is 1.95. The average molecular weight is 387 g/mol. The van der Waals surface area contributed by atoms with E-state index in [0.717, 1.165) is 37.1 Å². The summed E-state index contributed by atoms with van der Waals surface area (Å²) in [5, 5.41) is 5.68. The molecule has 1 aromatic heterocycles. The zero-order valence-electron chi connectivity index (χ0n) is 16.3. The van der Waals surface area contributed by atoms with E-state index in [1.807, 2.05) is 23.6 Å². The maximum Gasteiger partial charge on any atom is 0.287 e. The number of nitrogens with zero attached hydrogens (tertiary/aromatic N) is 3. The highest BCUT2D eigenvalue weighted by Gasteiger charge is 2.27. The Labute approximate surface area is 163 Å². The Morgan fingerprint density at radius 1 is 1.14 bits per heavy atom. The summed E-state index contributed by atoms with van der Waals surface area (Å²) >= 11 is 0. The highest BCUT2D eigenvalue weighted by molar-refractivity contribution is 5.97. The molecule has 2 amide bonds. The molecule has 0 saturated carbocycles. The van der Waals surface area contributed by atoms with Gasteiger partial charge in [0.25, 0.3) is 11.8 Å². The normalized spacial score (nSPS) is 13.3. The van der Waals surface area contributed by atoms with E-state index in [-0.39, 0.29) is 30.0 Å². The summed E-state index contributed by atoms with van der Waals surface area (Å²) < 4.78 is 14.9. The molecular weight excluding hydrogens is 361 g/mol. The van der Waals surface area contributed by atoms with E-state index in [1.165, 1.54) is 12.1 Å². The quantitative estimate of drug-likeness (QED) is 0.756. The van der Waals surface area contributed by atoms with Crippen LogP contribution >= 0.6 is 0 Å². The van der Waals surface area contributed by atoms with Gasteiger partial charge in [-0.2, -0.15) is 0 Å². The Bertz CT molecular complexity index is 845. The molecule has 8 heteroatoms. The van der Waals surface area contributed by atoms with Crippen LogP contribution < -0.4 is 10.6 Å². The molecule has 0 aliphatic carbocycles. The van der Waals surface area contributed by atoms with Crippen LogP contribution in [0.3, 0.4) is 0 Å². The number of likely N-dealkylation sites (N-methyl/N-ethyl adjacent to an activating group) is 1. The molecule has 0 fully saturated rings. The van der Waals surface area contributed by atoms with Crippen LogP contribution in [-0.4, -0.2) is 53.5 Å². The number of carbonyl (C=O) groups excluding carboxylic acids is 2. The number of benzene rings is 1. The SMILES string of the molecule is CN(C)CCNC(=O)c1nc(C(=O)NCc2ccc(F)cc2)n2c1CCCC2. The van der Waals surface area contributed by atoms with E-state index in [1.54, 1.807) is 12.1 Å². The number of imidazole rings is 1. The van der Waals surface area contributed by atoms with Crippen LogP contribution in [0.25, 0.3) is 0 Å². The third kappa shape index (κ3) is 4.75. The lowest BCUT2D eigenvalue weighted by Crippen LogP contribution is -2.32. The Morgan fingerprint density at radius 3 is 2.61 bits per heavy atom. The number of hydrogen-bond donors (Lipinski definition) is 2. The van der Waals surface area contributed by atoms with E-state index in [0.29, 0.717) is 18.8 Å². The minimum absolute atomic E-state index is 0.245. The van der Waals surface area contributed by atoms with Crippen LogP contribution in [0.2, 0.25) is 0 Å². The van der Waals surface area contributed by atoms with Gasteiger partial charge in [0.1, 0.15) is 11.5 Å². The standard InChI is InChI=1S/C20H26FN5O2/c1-25(2)12-10-22-19(27)17-16-5-3-4-11-26(16)18(24-17)20(28)23-13-14-6-8-15(21)9-7-14/h6-9H,3-5,10-13H2,1-2H3,(H,22,27)(H,23,28). The fourth-order valence-electron chi connectivity index (χ4n) is 3.24. The van der Waals surface area contributed by atoms with Crippen molar-refractivity contribution in [1.82, 2.24) is 25.1 Å². The van der Waals surface area contributed by atoms with Crippen molar-refractivity contribution in [3.8, 4) is 0 Å². The molecule has 3 rings (SSSR count). The van der Waals surface area contributed by atoms with Crippen molar-refractivity contribution < 1.29 is 14.0 Å². The summed E-state index contributed by atoms with van der Waals surface area (Å²) in [6, 6.07) is 5.96. The summed E-state index contributed by atoms with van der Waals surface area (Å²) in [6.07, 6.45) is 2.65. The summed E-state index contributed by atoms with van der Waals surface area (Å²) in [7, 11) is 3.88. The molecule has 2 aromatic rings. The van der Waals surface area contributed by atoms with E-state index in [4.69, 9.17) is 0 Å². The predicted molar refractivity (Wildman–Crippen MR) is 104 cm³/mol. The number of amides is 2. The first kappa shape index (κ1) is 20.0. The molecule has 7 nitrogen and oxygen atoms in total. The lowest BCUT2D eigenvalue weighted by molar-refractivity contribution is 0.0935. The highest BCUT2D eigenvalue weighted by Crippen LogP contribution is 2.21. The maximum absolute atomic E-state index is 13.0. The third-order valence-electron chi connectivity index (χ3n) is 4.75. The fraction of sp³-hybridized carbons (Fsp3) is 0.450. The Morgan fingerprint density at radius 2 is 1.89 bits per heavy atom. The molecule has 0 saturated heterocycles. The van der Waals surface area contributed by atoms with Crippen LogP contribution in [0.4, 0.5) is 4.39 Å². The summed E-state index contributed by atoms with van der Waals surface area (Å²) in [6.45, 7) is 2.19. The zero-order chi connectivity index (χ0) is 20.1. The molecular formula is C20H26FN5O2. The van der Waals surface area contributed by atoms with Crippen LogP contribution in [0.15, 0.2) is 24.3 Å². The van der Waals surface area contributed by atoms with Gasteiger partial charge in [-0.1, -0.05) is 12.1 Å². The van der Waals surface area contributed by atoms with E-state index in [2.05, 4.69) is 15.6 Å². The molecule has 0 bridgehead atoms. The topological polar surface area (TPSA) is 79.3 Å². The van der Waals surface area contributed by atoms with Crippen LogP contribution in [0.5, 0.6) is 0 Å². The number of fused-ring (bicyclic) bond motifs is 1. The molecule has 0 radical (unpaired) electrons. The van der Waals surface area contributed by atoms with Gasteiger partial charge in [0, 0.05) is 26.2 Å². The van der Waals surface area contributed by atoms with Crippen LogP contribution in [0.1, 0.15) is 45.2 Å². The fourth-order valence-corrected chi connectivity index (χ4v) is 3.24. The Hall–Kier alpha value is -2.74. The summed E-state index contributed by atoms with van der Waals surface area (Å²) in [5.74, 6) is -0.637. The van der Waals surface area contributed by atoms with E-state index < -0.39 is 0 Å². The lowest BCUT2D eigenvalue weighted by Gasteiger charge is -2.17. The molecule has 150 valence electrons. The van der Waals surface area contributed by atoms with Crippen LogP contribution in [-0.2, 0) is 19.5 Å². The van der Waals surface area contributed by atoms with Crippen LogP contribution in [0, 0.1) is 5.82 Å². The minimum atomic E-state index is -0.334. The molecule has 28 heavy (non-hydrogen) atoms. The van der Waals surface area contributed by atoms with E-state index >= 15 is 0 Å². The van der Waals surface area contributed by atoms with Crippen molar-refractivity contribution in [2.24, 2.45) is 0 Å². The van der Waals surface area contributed by atoms with Crippen molar-refractivity contribution in [3.05, 3.63) is 52.9 Å². The van der Waals surface area contributed by atoms with Gasteiger partial charge < -0.3 is 20.1 Å². The number of hydrogen-bond acceptors (Lipinski definition) is 4. The monoisotopic (exact) mass is 387 g/mol. The second kappa shape index (κ2) is 8.97. The number of rotatable bonds is 7. The third-order valence-corrected chi connectivity index (χ3v) is 4.75. The van der Waals surface area contributed by atoms with Gasteiger partial charge in [-0.05, 0) is 51.1 Å². The van der Waals surface area contributed by atoms with Gasteiger partial charge in [0.2, 0.25) is 0 Å². The predicted octanol–water partition coefficient (Wildman–Crippen LogP) is 1.58. The first-order valence-corrected chi connectivity index (χ1v) is 9.50. The molecule has 1 aromatic carbocycles. The molecule has 2 heterocycles.